The van der Waals surface area contributed by atoms with E-state index in [1.165, 1.54) is 12.8 Å². The molecule has 0 bridgehead atoms. The molecule has 5 heteroatoms. The first kappa shape index (κ1) is 12.1. The lowest BCUT2D eigenvalue weighted by molar-refractivity contribution is 0.0600. The molecule has 2 fully saturated rings. The summed E-state index contributed by atoms with van der Waals surface area (Å²) in [5, 5.41) is 11.9. The van der Waals surface area contributed by atoms with E-state index in [9.17, 15) is 0 Å². The Morgan fingerprint density at radius 2 is 2.06 bits per heavy atom. The molecule has 0 atom stereocenters. The van der Waals surface area contributed by atoms with Gasteiger partial charge in [0.05, 0.1) is 5.69 Å². The minimum atomic E-state index is 0.702. The molecule has 1 aliphatic carbocycles. The van der Waals surface area contributed by atoms with Crippen molar-refractivity contribution in [3.05, 3.63) is 11.9 Å². The second-order valence-corrected chi connectivity index (χ2v) is 5.56. The van der Waals surface area contributed by atoms with Crippen LogP contribution in [-0.2, 0) is 17.8 Å². The molecule has 1 aromatic rings. The molecule has 0 spiro atoms. The van der Waals surface area contributed by atoms with Crippen molar-refractivity contribution in [2.45, 2.75) is 38.8 Å². The first-order valence-electron chi connectivity index (χ1n) is 7.07. The van der Waals surface area contributed by atoms with Gasteiger partial charge in [-0.05, 0) is 44.1 Å². The third-order valence-electron chi connectivity index (χ3n) is 3.81. The van der Waals surface area contributed by atoms with Crippen LogP contribution in [0.1, 0.15) is 31.4 Å². The Balaban J connectivity index is 1.42. The molecule has 100 valence electrons. The van der Waals surface area contributed by atoms with E-state index in [4.69, 9.17) is 4.74 Å². The summed E-state index contributed by atoms with van der Waals surface area (Å²) in [6, 6.07) is 0. The van der Waals surface area contributed by atoms with Crippen LogP contribution in [-0.4, -0.2) is 34.8 Å². The van der Waals surface area contributed by atoms with E-state index < -0.39 is 0 Å². The quantitative estimate of drug-likeness (QED) is 0.824. The van der Waals surface area contributed by atoms with Gasteiger partial charge >= 0.3 is 0 Å². The summed E-state index contributed by atoms with van der Waals surface area (Å²) >= 11 is 0. The number of nitrogens with zero attached hydrogens (tertiary/aromatic N) is 3. The summed E-state index contributed by atoms with van der Waals surface area (Å²) < 4.78 is 7.36. The highest BCUT2D eigenvalue weighted by molar-refractivity contribution is 4.92. The molecule has 0 aromatic carbocycles. The van der Waals surface area contributed by atoms with Crippen molar-refractivity contribution in [3.63, 3.8) is 0 Å². The minimum absolute atomic E-state index is 0.702. The van der Waals surface area contributed by atoms with Crippen molar-refractivity contribution in [1.82, 2.24) is 20.3 Å². The molecule has 0 amide bonds. The highest BCUT2D eigenvalue weighted by atomic mass is 16.5. The zero-order valence-electron chi connectivity index (χ0n) is 10.8. The Bertz CT molecular complexity index is 369. The lowest BCUT2D eigenvalue weighted by Crippen LogP contribution is -2.20. The maximum Gasteiger partial charge on any atom is 0.0964 e. The number of nitrogens with one attached hydrogen (secondary N) is 1. The molecule has 1 aromatic heterocycles. The van der Waals surface area contributed by atoms with Gasteiger partial charge in [0.2, 0.25) is 0 Å². The van der Waals surface area contributed by atoms with Crippen LogP contribution in [0.3, 0.4) is 0 Å². The van der Waals surface area contributed by atoms with E-state index in [1.54, 1.807) is 0 Å². The molecule has 1 saturated heterocycles. The van der Waals surface area contributed by atoms with Gasteiger partial charge in [-0.25, -0.2) is 0 Å². The third kappa shape index (κ3) is 3.53. The van der Waals surface area contributed by atoms with Gasteiger partial charge in [0.25, 0.3) is 0 Å². The number of hydrogen-bond acceptors (Lipinski definition) is 4. The van der Waals surface area contributed by atoms with Gasteiger partial charge in [-0.2, -0.15) is 0 Å². The van der Waals surface area contributed by atoms with Crippen LogP contribution >= 0.6 is 0 Å². The Kier molecular flexibility index (Phi) is 3.90. The zero-order valence-corrected chi connectivity index (χ0v) is 10.8. The molecule has 1 aliphatic heterocycles. The Morgan fingerprint density at radius 3 is 2.83 bits per heavy atom. The molecule has 3 rings (SSSR count). The molecule has 0 radical (unpaired) electrons. The normalized spacial score (nSPS) is 21.3. The van der Waals surface area contributed by atoms with Crippen LogP contribution in [0.25, 0.3) is 0 Å². The molecular weight excluding hydrogens is 228 g/mol. The lowest BCUT2D eigenvalue weighted by atomic mass is 10.0. The Hall–Kier alpha value is -0.940. The van der Waals surface area contributed by atoms with Crippen LogP contribution in [0.5, 0.6) is 0 Å². The second kappa shape index (κ2) is 5.80. The van der Waals surface area contributed by atoms with Gasteiger partial charge in [0.1, 0.15) is 0 Å². The molecule has 2 aliphatic rings. The van der Waals surface area contributed by atoms with Gasteiger partial charge in [0.15, 0.2) is 0 Å². The average molecular weight is 250 g/mol. The van der Waals surface area contributed by atoms with Crippen LogP contribution < -0.4 is 5.32 Å². The summed E-state index contributed by atoms with van der Waals surface area (Å²) in [7, 11) is 0. The molecule has 5 nitrogen and oxygen atoms in total. The van der Waals surface area contributed by atoms with Crippen molar-refractivity contribution in [2.24, 2.45) is 11.8 Å². The van der Waals surface area contributed by atoms with Crippen LogP contribution in [0.4, 0.5) is 0 Å². The molecule has 2 heterocycles. The monoisotopic (exact) mass is 250 g/mol. The van der Waals surface area contributed by atoms with Crippen molar-refractivity contribution in [2.75, 3.05) is 19.8 Å². The highest BCUT2D eigenvalue weighted by Crippen LogP contribution is 2.27. The van der Waals surface area contributed by atoms with Gasteiger partial charge in [-0.15, -0.1) is 5.10 Å². The van der Waals surface area contributed by atoms with Gasteiger partial charge < -0.3 is 10.1 Å². The summed E-state index contributed by atoms with van der Waals surface area (Å²) in [6.45, 7) is 4.76. The molecule has 1 N–H and O–H groups in total. The maximum absolute atomic E-state index is 5.37. The van der Waals surface area contributed by atoms with Gasteiger partial charge in [-0.3, -0.25) is 4.68 Å². The average Bonchev–Trinajstić information content (AvgIpc) is 3.11. The fraction of sp³-hybridized carbons (Fsp3) is 0.846. The summed E-state index contributed by atoms with van der Waals surface area (Å²) in [6.07, 6.45) is 7.16. The Morgan fingerprint density at radius 1 is 1.22 bits per heavy atom. The number of aromatic nitrogens is 3. The van der Waals surface area contributed by atoms with Crippen molar-refractivity contribution >= 4 is 0 Å². The molecule has 0 unspecified atom stereocenters. The topological polar surface area (TPSA) is 52.0 Å². The Labute approximate surface area is 108 Å². The molecule has 1 saturated carbocycles. The first-order valence-corrected chi connectivity index (χ1v) is 7.07. The standard InChI is InChI=1S/C13H22N4O/c1-2-11(1)7-14-8-13-10-17(16-15-13)9-12-3-5-18-6-4-12/h10-12,14H,1-9H2. The minimum Gasteiger partial charge on any atom is -0.381 e. The SMILES string of the molecule is c1c(CNCC2CC2)nnn1CC1CCOCC1. The lowest BCUT2D eigenvalue weighted by Gasteiger charge is -2.21. The van der Waals surface area contributed by atoms with E-state index in [1.807, 2.05) is 4.68 Å². The van der Waals surface area contributed by atoms with Crippen LogP contribution in [0.15, 0.2) is 6.20 Å². The van der Waals surface area contributed by atoms with E-state index in [2.05, 4.69) is 21.8 Å². The third-order valence-corrected chi connectivity index (χ3v) is 3.81. The second-order valence-electron chi connectivity index (χ2n) is 5.56. The fourth-order valence-corrected chi connectivity index (χ4v) is 2.43. The number of hydrogen-bond donors (Lipinski definition) is 1. The van der Waals surface area contributed by atoms with Crippen LogP contribution in [0.2, 0.25) is 0 Å². The molecule has 18 heavy (non-hydrogen) atoms. The largest absolute Gasteiger partial charge is 0.381 e. The number of ether oxygens (including phenoxy) is 1. The highest BCUT2D eigenvalue weighted by Gasteiger charge is 2.20. The zero-order chi connectivity index (χ0) is 12.2. The van der Waals surface area contributed by atoms with E-state index >= 15 is 0 Å². The summed E-state index contributed by atoms with van der Waals surface area (Å²) in [5.41, 5.74) is 1.06. The van der Waals surface area contributed by atoms with Crippen molar-refractivity contribution in [1.29, 1.82) is 0 Å². The smallest absolute Gasteiger partial charge is 0.0964 e. The summed E-state index contributed by atoms with van der Waals surface area (Å²) in [4.78, 5) is 0. The predicted octanol–water partition coefficient (Wildman–Crippen LogP) is 1.20. The van der Waals surface area contributed by atoms with Crippen molar-refractivity contribution < 1.29 is 4.74 Å². The first-order chi connectivity index (χ1) is 8.90. The van der Waals surface area contributed by atoms with Crippen LogP contribution in [0, 0.1) is 11.8 Å². The van der Waals surface area contributed by atoms with Crippen molar-refractivity contribution in [3.8, 4) is 0 Å². The molecular formula is C13H22N4O. The van der Waals surface area contributed by atoms with E-state index in [0.29, 0.717) is 5.92 Å². The fourth-order valence-electron chi connectivity index (χ4n) is 2.43. The predicted molar refractivity (Wildman–Crippen MR) is 68.0 cm³/mol. The van der Waals surface area contributed by atoms with Gasteiger partial charge in [-0.1, -0.05) is 5.21 Å². The van der Waals surface area contributed by atoms with Gasteiger partial charge in [0, 0.05) is 32.5 Å². The maximum atomic E-state index is 5.37. The van der Waals surface area contributed by atoms with E-state index in [0.717, 1.165) is 57.3 Å². The van der Waals surface area contributed by atoms with E-state index in [-0.39, 0.29) is 0 Å². The summed E-state index contributed by atoms with van der Waals surface area (Å²) in [5.74, 6) is 1.62. The number of rotatable bonds is 6.